The number of amides is 1. The van der Waals surface area contributed by atoms with Crippen molar-refractivity contribution in [2.24, 2.45) is 0 Å². The first kappa shape index (κ1) is 21.6. The van der Waals surface area contributed by atoms with Crippen LogP contribution in [0.2, 0.25) is 0 Å². The van der Waals surface area contributed by atoms with Gasteiger partial charge in [0.05, 0.1) is 15.8 Å². The zero-order valence-electron chi connectivity index (χ0n) is 18.1. The number of nitrogens with zero attached hydrogens (tertiary/aromatic N) is 1. The summed E-state index contributed by atoms with van der Waals surface area (Å²) in [7, 11) is -3.76. The molecule has 1 N–H and O–H groups in total. The van der Waals surface area contributed by atoms with Crippen LogP contribution in [-0.4, -0.2) is 42.6 Å². The van der Waals surface area contributed by atoms with E-state index in [1.807, 2.05) is 13.8 Å². The smallest absolute Gasteiger partial charge is 0.250 e. The molecule has 0 bridgehead atoms. The highest BCUT2D eigenvalue weighted by molar-refractivity contribution is 7.91. The predicted molar refractivity (Wildman–Crippen MR) is 116 cm³/mol. The van der Waals surface area contributed by atoms with Gasteiger partial charge in [-0.05, 0) is 63.1 Å². The second-order valence-electron chi connectivity index (χ2n) is 8.66. The van der Waals surface area contributed by atoms with Crippen molar-refractivity contribution in [2.45, 2.75) is 61.7 Å². The fourth-order valence-electron chi connectivity index (χ4n) is 4.44. The average molecular weight is 442 g/mol. The van der Waals surface area contributed by atoms with E-state index in [0.717, 1.165) is 11.1 Å². The Labute approximate surface area is 183 Å². The van der Waals surface area contributed by atoms with Crippen LogP contribution < -0.4 is 4.74 Å². The van der Waals surface area contributed by atoms with Crippen LogP contribution in [-0.2, 0) is 14.6 Å². The number of ether oxygens (including phenoxy) is 1. The molecule has 0 saturated heterocycles. The standard InChI is InChI=1S/C24H27NO5S/c1-5-18-15(2)14-25(23(18)27)21-19-13-17(31(28,29)16-9-7-6-8-10-16)11-12-20(19)30-24(3,4)22(21)26/h6-13,21-22,26H,5,14H2,1-4H3/t21-,22+/m1/s1. The minimum absolute atomic E-state index is 0.102. The molecular formula is C24H27NO5S. The number of hydrogen-bond donors (Lipinski definition) is 1. The van der Waals surface area contributed by atoms with Gasteiger partial charge in [0, 0.05) is 17.7 Å². The van der Waals surface area contributed by atoms with Crippen LogP contribution in [0, 0.1) is 0 Å². The molecule has 6 nitrogen and oxygen atoms in total. The summed E-state index contributed by atoms with van der Waals surface area (Å²) < 4.78 is 32.4. The second-order valence-corrected chi connectivity index (χ2v) is 10.6. The Morgan fingerprint density at radius 3 is 2.42 bits per heavy atom. The summed E-state index contributed by atoms with van der Waals surface area (Å²) in [6.45, 7) is 7.79. The van der Waals surface area contributed by atoms with Gasteiger partial charge in [0.25, 0.3) is 5.91 Å². The summed E-state index contributed by atoms with van der Waals surface area (Å²) in [6, 6.07) is 12.2. The fraction of sp³-hybridized carbons (Fsp3) is 0.375. The Bertz CT molecular complexity index is 1170. The number of carbonyl (C=O) groups is 1. The lowest BCUT2D eigenvalue weighted by molar-refractivity contribution is -0.138. The van der Waals surface area contributed by atoms with E-state index >= 15 is 0 Å². The molecule has 1 amide bonds. The summed E-state index contributed by atoms with van der Waals surface area (Å²) in [4.78, 5) is 15.0. The fourth-order valence-corrected chi connectivity index (χ4v) is 5.76. The molecule has 0 fully saturated rings. The maximum Gasteiger partial charge on any atom is 0.250 e. The number of hydrogen-bond acceptors (Lipinski definition) is 5. The van der Waals surface area contributed by atoms with Crippen molar-refractivity contribution in [3.05, 3.63) is 65.2 Å². The molecule has 2 heterocycles. The van der Waals surface area contributed by atoms with Gasteiger partial charge in [-0.3, -0.25) is 4.79 Å². The molecule has 7 heteroatoms. The average Bonchev–Trinajstić information content (AvgIpc) is 3.02. The maximum atomic E-state index is 13.2. The lowest BCUT2D eigenvalue weighted by atomic mass is 9.85. The van der Waals surface area contributed by atoms with Crippen LogP contribution >= 0.6 is 0 Å². The molecule has 4 rings (SSSR count). The van der Waals surface area contributed by atoms with Crippen molar-refractivity contribution < 1.29 is 23.1 Å². The Balaban J connectivity index is 1.84. The highest BCUT2D eigenvalue weighted by Crippen LogP contribution is 2.46. The minimum Gasteiger partial charge on any atom is -0.485 e. The van der Waals surface area contributed by atoms with Crippen molar-refractivity contribution in [2.75, 3.05) is 6.54 Å². The first-order valence-electron chi connectivity index (χ1n) is 10.4. The third kappa shape index (κ3) is 3.46. The number of sulfone groups is 1. The van der Waals surface area contributed by atoms with Crippen LogP contribution in [0.1, 0.15) is 45.7 Å². The highest BCUT2D eigenvalue weighted by Gasteiger charge is 2.48. The Kier molecular flexibility index (Phi) is 5.22. The van der Waals surface area contributed by atoms with Gasteiger partial charge in [0.15, 0.2) is 0 Å². The van der Waals surface area contributed by atoms with Crippen molar-refractivity contribution in [3.63, 3.8) is 0 Å². The van der Waals surface area contributed by atoms with E-state index in [9.17, 15) is 18.3 Å². The van der Waals surface area contributed by atoms with E-state index in [0.29, 0.717) is 24.3 Å². The van der Waals surface area contributed by atoms with E-state index in [2.05, 4.69) is 0 Å². The van der Waals surface area contributed by atoms with Crippen molar-refractivity contribution in [3.8, 4) is 5.75 Å². The summed E-state index contributed by atoms with van der Waals surface area (Å²) in [5.74, 6) is 0.353. The summed E-state index contributed by atoms with van der Waals surface area (Å²) in [6.07, 6.45) is -0.415. The quantitative estimate of drug-likeness (QED) is 0.783. The monoisotopic (exact) mass is 441 g/mol. The molecule has 0 aliphatic carbocycles. The number of carbonyl (C=O) groups excluding carboxylic acids is 1. The summed E-state index contributed by atoms with van der Waals surface area (Å²) in [5, 5.41) is 11.2. The molecule has 0 saturated carbocycles. The van der Waals surface area contributed by atoms with Gasteiger partial charge in [0.1, 0.15) is 17.5 Å². The first-order chi connectivity index (χ1) is 14.6. The Morgan fingerprint density at radius 1 is 1.13 bits per heavy atom. The zero-order chi connectivity index (χ0) is 22.6. The van der Waals surface area contributed by atoms with E-state index in [-0.39, 0.29) is 15.7 Å². The molecule has 0 spiro atoms. The topological polar surface area (TPSA) is 83.9 Å². The highest BCUT2D eigenvalue weighted by atomic mass is 32.2. The number of aliphatic hydroxyl groups excluding tert-OH is 1. The van der Waals surface area contributed by atoms with Gasteiger partial charge in [-0.25, -0.2) is 8.42 Å². The normalized spacial score (nSPS) is 23.0. The van der Waals surface area contributed by atoms with Crippen molar-refractivity contribution in [1.29, 1.82) is 0 Å². The van der Waals surface area contributed by atoms with Crippen molar-refractivity contribution in [1.82, 2.24) is 4.90 Å². The molecule has 2 aromatic carbocycles. The molecule has 2 aliphatic rings. The van der Waals surface area contributed by atoms with Crippen LogP contribution in [0.4, 0.5) is 0 Å². The van der Waals surface area contributed by atoms with E-state index in [4.69, 9.17) is 4.74 Å². The minimum atomic E-state index is -3.76. The number of rotatable bonds is 4. The summed E-state index contributed by atoms with van der Waals surface area (Å²) >= 11 is 0. The SMILES string of the molecule is CCC1=C(C)CN([C@@H]2c3cc(S(=O)(=O)c4ccccc4)ccc3OC(C)(C)[C@H]2O)C1=O. The maximum absolute atomic E-state index is 13.2. The molecule has 164 valence electrons. The number of fused-ring (bicyclic) bond motifs is 1. The third-order valence-corrected chi connectivity index (χ3v) is 7.95. The predicted octanol–water partition coefficient (Wildman–Crippen LogP) is 3.66. The largest absolute Gasteiger partial charge is 0.485 e. The molecule has 0 unspecified atom stereocenters. The van der Waals surface area contributed by atoms with E-state index in [1.54, 1.807) is 55.1 Å². The van der Waals surface area contributed by atoms with E-state index in [1.165, 1.54) is 12.1 Å². The lowest BCUT2D eigenvalue weighted by Crippen LogP contribution is -2.54. The Morgan fingerprint density at radius 2 is 1.81 bits per heavy atom. The van der Waals surface area contributed by atoms with Gasteiger partial charge >= 0.3 is 0 Å². The van der Waals surface area contributed by atoms with Gasteiger partial charge in [-0.15, -0.1) is 0 Å². The molecular weight excluding hydrogens is 414 g/mol. The van der Waals surface area contributed by atoms with Gasteiger partial charge in [-0.1, -0.05) is 25.1 Å². The Hall–Kier alpha value is -2.64. The van der Waals surface area contributed by atoms with Crippen LogP contribution in [0.3, 0.4) is 0 Å². The van der Waals surface area contributed by atoms with Crippen molar-refractivity contribution >= 4 is 15.7 Å². The van der Waals surface area contributed by atoms with Crippen LogP contribution in [0.5, 0.6) is 5.75 Å². The first-order valence-corrected chi connectivity index (χ1v) is 11.9. The molecule has 0 radical (unpaired) electrons. The molecule has 2 aliphatic heterocycles. The molecule has 31 heavy (non-hydrogen) atoms. The number of aliphatic hydroxyl groups is 1. The zero-order valence-corrected chi connectivity index (χ0v) is 18.9. The van der Waals surface area contributed by atoms with Gasteiger partial charge in [-0.2, -0.15) is 0 Å². The van der Waals surface area contributed by atoms with Gasteiger partial charge in [0.2, 0.25) is 9.84 Å². The lowest BCUT2D eigenvalue weighted by Gasteiger charge is -2.45. The van der Waals surface area contributed by atoms with Crippen LogP contribution in [0.15, 0.2) is 69.5 Å². The third-order valence-electron chi connectivity index (χ3n) is 6.18. The molecule has 2 atom stereocenters. The number of benzene rings is 2. The molecule has 0 aromatic heterocycles. The molecule has 2 aromatic rings. The van der Waals surface area contributed by atoms with Crippen LogP contribution in [0.25, 0.3) is 0 Å². The van der Waals surface area contributed by atoms with E-state index < -0.39 is 27.6 Å². The second kappa shape index (κ2) is 7.50. The summed E-state index contributed by atoms with van der Waals surface area (Å²) in [5.41, 5.74) is 1.27. The van der Waals surface area contributed by atoms with Gasteiger partial charge < -0.3 is 14.7 Å².